The minimum atomic E-state index is -0.00585. The van der Waals surface area contributed by atoms with E-state index in [4.69, 9.17) is 0 Å². The van der Waals surface area contributed by atoms with Crippen LogP contribution in [-0.4, -0.2) is 43.6 Å². The van der Waals surface area contributed by atoms with Gasteiger partial charge in [-0.05, 0) is 63.2 Å². The second-order valence-corrected chi connectivity index (χ2v) is 7.06. The molecule has 7 heteroatoms. The molecule has 1 atom stereocenters. The number of hydrogen-bond acceptors (Lipinski definition) is 4. The fraction of sp³-hybridized carbons (Fsp3) is 0.684. The van der Waals surface area contributed by atoms with Gasteiger partial charge in [0.2, 0.25) is 0 Å². The Labute approximate surface area is 169 Å². The van der Waals surface area contributed by atoms with Crippen molar-refractivity contribution in [2.24, 2.45) is 5.92 Å². The first-order valence-corrected chi connectivity index (χ1v) is 9.53. The van der Waals surface area contributed by atoms with Crippen LogP contribution in [0.5, 0.6) is 0 Å². The van der Waals surface area contributed by atoms with E-state index < -0.39 is 0 Å². The lowest BCUT2D eigenvalue weighted by molar-refractivity contribution is 0.0950. The van der Waals surface area contributed by atoms with E-state index in [1.54, 1.807) is 6.20 Å². The molecule has 0 aromatic carbocycles. The van der Waals surface area contributed by atoms with Crippen LogP contribution in [0, 0.1) is 5.92 Å². The van der Waals surface area contributed by atoms with Crippen molar-refractivity contribution in [1.29, 1.82) is 0 Å². The minimum Gasteiger partial charge on any atom is -0.357 e. The van der Waals surface area contributed by atoms with Crippen molar-refractivity contribution in [3.8, 4) is 0 Å². The number of hydrogen-bond donors (Lipinski definition) is 2. The van der Waals surface area contributed by atoms with E-state index in [1.807, 2.05) is 12.1 Å². The minimum absolute atomic E-state index is 0. The molecule has 3 heterocycles. The second kappa shape index (κ2) is 12.4. The van der Waals surface area contributed by atoms with Crippen molar-refractivity contribution < 1.29 is 4.79 Å². The molecule has 5 nitrogen and oxygen atoms in total. The highest BCUT2D eigenvalue weighted by atomic mass is 35.5. The Bertz CT molecular complexity index is 513. The number of halogens is 2. The predicted molar refractivity (Wildman–Crippen MR) is 112 cm³/mol. The molecule has 2 aliphatic heterocycles. The van der Waals surface area contributed by atoms with Gasteiger partial charge < -0.3 is 15.5 Å². The third kappa shape index (κ3) is 6.93. The molecule has 0 bridgehead atoms. The summed E-state index contributed by atoms with van der Waals surface area (Å²) in [5.74, 6) is 1.69. The molecule has 0 saturated carbocycles. The van der Waals surface area contributed by atoms with Gasteiger partial charge in [-0.3, -0.25) is 4.79 Å². The number of nitrogens with one attached hydrogen (secondary N) is 2. The number of pyridine rings is 1. The Balaban J connectivity index is 0.00000169. The monoisotopic (exact) mass is 402 g/mol. The molecule has 2 fully saturated rings. The number of carbonyl (C=O) groups excluding carboxylic acids is 1. The van der Waals surface area contributed by atoms with Gasteiger partial charge >= 0.3 is 0 Å². The largest absolute Gasteiger partial charge is 0.357 e. The molecule has 0 radical (unpaired) electrons. The zero-order valence-corrected chi connectivity index (χ0v) is 17.0. The summed E-state index contributed by atoms with van der Waals surface area (Å²) >= 11 is 0. The average molecular weight is 403 g/mol. The number of amides is 1. The Morgan fingerprint density at radius 1 is 1.15 bits per heavy atom. The Morgan fingerprint density at radius 3 is 2.54 bits per heavy atom. The van der Waals surface area contributed by atoms with Gasteiger partial charge in [0.05, 0.1) is 5.56 Å². The summed E-state index contributed by atoms with van der Waals surface area (Å²) in [6, 6.07) is 3.90. The predicted octanol–water partition coefficient (Wildman–Crippen LogP) is 3.43. The van der Waals surface area contributed by atoms with Crippen molar-refractivity contribution in [1.82, 2.24) is 15.6 Å². The molecule has 1 aromatic rings. The van der Waals surface area contributed by atoms with Crippen LogP contribution in [0.4, 0.5) is 5.82 Å². The third-order valence-corrected chi connectivity index (χ3v) is 5.18. The molecule has 3 rings (SSSR count). The molecule has 1 amide bonds. The average Bonchev–Trinajstić information content (AvgIpc) is 2.92. The maximum Gasteiger partial charge on any atom is 0.252 e. The van der Waals surface area contributed by atoms with Crippen molar-refractivity contribution >= 4 is 36.5 Å². The molecule has 1 unspecified atom stereocenters. The zero-order valence-electron chi connectivity index (χ0n) is 15.4. The smallest absolute Gasteiger partial charge is 0.252 e. The fourth-order valence-corrected chi connectivity index (χ4v) is 3.67. The number of rotatable bonds is 5. The first-order valence-electron chi connectivity index (χ1n) is 9.53. The maximum absolute atomic E-state index is 12.2. The molecular weight excluding hydrogens is 371 g/mol. The lowest BCUT2D eigenvalue weighted by Gasteiger charge is -2.22. The summed E-state index contributed by atoms with van der Waals surface area (Å²) in [5.41, 5.74) is 0.662. The number of piperidine rings is 1. The second-order valence-electron chi connectivity index (χ2n) is 7.06. The fourth-order valence-electron chi connectivity index (χ4n) is 3.67. The van der Waals surface area contributed by atoms with E-state index in [0.717, 1.165) is 45.0 Å². The SMILES string of the molecule is Cl.Cl.O=C(NCCC1CCCNC1)c1ccc(N2CCCCCC2)nc1. The molecule has 0 spiro atoms. The van der Waals surface area contributed by atoms with Crippen molar-refractivity contribution in [3.63, 3.8) is 0 Å². The van der Waals surface area contributed by atoms with E-state index in [1.165, 1.54) is 38.5 Å². The van der Waals surface area contributed by atoms with Gasteiger partial charge in [-0.15, -0.1) is 24.8 Å². The lowest BCUT2D eigenvalue weighted by atomic mass is 9.96. The molecule has 2 saturated heterocycles. The highest BCUT2D eigenvalue weighted by Gasteiger charge is 2.14. The van der Waals surface area contributed by atoms with Gasteiger partial charge in [-0.2, -0.15) is 0 Å². The quantitative estimate of drug-likeness (QED) is 0.791. The van der Waals surface area contributed by atoms with E-state index in [-0.39, 0.29) is 30.7 Å². The first-order chi connectivity index (χ1) is 11.8. The Hall–Kier alpha value is -1.04. The molecule has 148 valence electrons. The van der Waals surface area contributed by atoms with Gasteiger partial charge in [-0.25, -0.2) is 4.98 Å². The maximum atomic E-state index is 12.2. The highest BCUT2D eigenvalue weighted by molar-refractivity contribution is 5.94. The van der Waals surface area contributed by atoms with E-state index in [0.29, 0.717) is 11.5 Å². The van der Waals surface area contributed by atoms with Crippen LogP contribution in [0.1, 0.15) is 55.3 Å². The van der Waals surface area contributed by atoms with Gasteiger partial charge in [0, 0.05) is 25.8 Å². The molecule has 26 heavy (non-hydrogen) atoms. The number of aromatic nitrogens is 1. The Morgan fingerprint density at radius 2 is 1.92 bits per heavy atom. The zero-order chi connectivity index (χ0) is 16.6. The van der Waals surface area contributed by atoms with Crippen LogP contribution in [0.2, 0.25) is 0 Å². The van der Waals surface area contributed by atoms with E-state index in [9.17, 15) is 4.79 Å². The highest BCUT2D eigenvalue weighted by Crippen LogP contribution is 2.17. The number of nitrogens with zero attached hydrogens (tertiary/aromatic N) is 2. The summed E-state index contributed by atoms with van der Waals surface area (Å²) in [4.78, 5) is 19.1. The van der Waals surface area contributed by atoms with Crippen LogP contribution in [0.15, 0.2) is 18.3 Å². The first kappa shape index (κ1) is 23.0. The van der Waals surface area contributed by atoms with E-state index >= 15 is 0 Å². The molecule has 0 aliphatic carbocycles. The molecule has 2 N–H and O–H groups in total. The van der Waals surface area contributed by atoms with Crippen LogP contribution >= 0.6 is 24.8 Å². The summed E-state index contributed by atoms with van der Waals surface area (Å²) in [5, 5.41) is 6.45. The van der Waals surface area contributed by atoms with Crippen molar-refractivity contribution in [3.05, 3.63) is 23.9 Å². The topological polar surface area (TPSA) is 57.3 Å². The normalized spacial score (nSPS) is 20.3. The molecule has 1 aromatic heterocycles. The van der Waals surface area contributed by atoms with Crippen LogP contribution in [0.3, 0.4) is 0 Å². The van der Waals surface area contributed by atoms with Crippen molar-refractivity contribution in [2.75, 3.05) is 37.6 Å². The van der Waals surface area contributed by atoms with Gasteiger partial charge in [0.1, 0.15) is 5.82 Å². The van der Waals surface area contributed by atoms with Crippen LogP contribution in [-0.2, 0) is 0 Å². The number of anilines is 1. The third-order valence-electron chi connectivity index (χ3n) is 5.18. The molecular formula is C19H32Cl2N4O. The van der Waals surface area contributed by atoms with Crippen LogP contribution < -0.4 is 15.5 Å². The van der Waals surface area contributed by atoms with Gasteiger partial charge in [-0.1, -0.05) is 12.8 Å². The Kier molecular flexibility index (Phi) is 10.9. The van der Waals surface area contributed by atoms with Crippen molar-refractivity contribution in [2.45, 2.75) is 44.9 Å². The van der Waals surface area contributed by atoms with Crippen LogP contribution in [0.25, 0.3) is 0 Å². The lowest BCUT2D eigenvalue weighted by Crippen LogP contribution is -2.33. The summed E-state index contributed by atoms with van der Waals surface area (Å²) in [7, 11) is 0. The summed E-state index contributed by atoms with van der Waals surface area (Å²) in [6.07, 6.45) is 10.4. The summed E-state index contributed by atoms with van der Waals surface area (Å²) < 4.78 is 0. The standard InChI is InChI=1S/C19H30N4O.2ClH/c24-19(21-11-9-16-6-5-10-20-14-16)17-7-8-18(22-15-17)23-12-3-1-2-4-13-23;;/h7-8,15-16,20H,1-6,9-14H2,(H,21,24);2*1H. The summed E-state index contributed by atoms with van der Waals surface area (Å²) in [6.45, 7) is 5.13. The van der Waals surface area contributed by atoms with Gasteiger partial charge in [0.15, 0.2) is 0 Å². The number of carbonyl (C=O) groups is 1. The van der Waals surface area contributed by atoms with E-state index in [2.05, 4.69) is 20.5 Å². The van der Waals surface area contributed by atoms with Gasteiger partial charge in [0.25, 0.3) is 5.91 Å². The molecule has 2 aliphatic rings.